The van der Waals surface area contributed by atoms with Crippen molar-refractivity contribution in [3.05, 3.63) is 0 Å². The summed E-state index contributed by atoms with van der Waals surface area (Å²) in [6.07, 6.45) is 2.43. The molecule has 0 aromatic carbocycles. The van der Waals surface area contributed by atoms with Crippen molar-refractivity contribution >= 4 is 5.97 Å². The summed E-state index contributed by atoms with van der Waals surface area (Å²) in [7, 11) is 1.61. The summed E-state index contributed by atoms with van der Waals surface area (Å²) in [5.74, 6) is -0.504. The van der Waals surface area contributed by atoms with E-state index in [1.54, 1.807) is 7.11 Å². The van der Waals surface area contributed by atoms with E-state index in [1.807, 2.05) is 0 Å². The smallest absolute Gasteiger partial charge is 0.309 e. The van der Waals surface area contributed by atoms with Gasteiger partial charge in [-0.15, -0.1) is 0 Å². The predicted molar refractivity (Wildman–Crippen MR) is 55.8 cm³/mol. The van der Waals surface area contributed by atoms with Gasteiger partial charge in [0.2, 0.25) is 0 Å². The molecule has 88 valence electrons. The van der Waals surface area contributed by atoms with Crippen molar-refractivity contribution < 1.29 is 19.4 Å². The molecule has 15 heavy (non-hydrogen) atoms. The van der Waals surface area contributed by atoms with Gasteiger partial charge in [-0.3, -0.25) is 4.79 Å². The van der Waals surface area contributed by atoms with Gasteiger partial charge in [0.05, 0.1) is 25.2 Å². The predicted octanol–water partition coefficient (Wildman–Crippen LogP) is 1.54. The first-order chi connectivity index (χ1) is 7.15. The van der Waals surface area contributed by atoms with Crippen molar-refractivity contribution in [1.29, 1.82) is 0 Å². The van der Waals surface area contributed by atoms with Crippen molar-refractivity contribution in [2.75, 3.05) is 20.3 Å². The zero-order valence-corrected chi connectivity index (χ0v) is 9.44. The summed E-state index contributed by atoms with van der Waals surface area (Å²) in [5, 5.41) is 9.04. The molecule has 0 aromatic rings. The minimum atomic E-state index is -0.732. The van der Waals surface area contributed by atoms with Crippen LogP contribution in [0, 0.1) is 11.8 Å². The average Bonchev–Trinajstić information content (AvgIpc) is 2.18. The molecule has 1 rings (SSSR count). The molecular formula is C11H20O4. The highest BCUT2D eigenvalue weighted by Crippen LogP contribution is 2.30. The molecule has 3 atom stereocenters. The van der Waals surface area contributed by atoms with Crippen molar-refractivity contribution in [2.45, 2.75) is 32.3 Å². The molecule has 0 spiro atoms. The third-order valence-electron chi connectivity index (χ3n) is 2.99. The van der Waals surface area contributed by atoms with Gasteiger partial charge in [-0.25, -0.2) is 0 Å². The molecule has 3 unspecified atom stereocenters. The maximum absolute atomic E-state index is 11.0. The number of rotatable bonds is 5. The molecule has 1 N–H and O–H groups in total. The topological polar surface area (TPSA) is 55.8 Å². The van der Waals surface area contributed by atoms with Crippen LogP contribution in [0.2, 0.25) is 0 Å². The largest absolute Gasteiger partial charge is 0.481 e. The van der Waals surface area contributed by atoms with Crippen molar-refractivity contribution in [3.63, 3.8) is 0 Å². The first kappa shape index (κ1) is 12.5. The van der Waals surface area contributed by atoms with Gasteiger partial charge in [0.25, 0.3) is 0 Å². The molecule has 1 fully saturated rings. The Hall–Kier alpha value is -0.610. The van der Waals surface area contributed by atoms with E-state index >= 15 is 0 Å². The molecule has 4 nitrogen and oxygen atoms in total. The van der Waals surface area contributed by atoms with E-state index in [1.165, 1.54) is 0 Å². The Labute approximate surface area is 90.6 Å². The van der Waals surface area contributed by atoms with Crippen molar-refractivity contribution in [3.8, 4) is 0 Å². The molecule has 0 aliphatic heterocycles. The van der Waals surface area contributed by atoms with Gasteiger partial charge in [-0.05, 0) is 25.2 Å². The van der Waals surface area contributed by atoms with Crippen LogP contribution in [-0.4, -0.2) is 37.5 Å². The highest BCUT2D eigenvalue weighted by molar-refractivity contribution is 5.70. The SMILES string of the molecule is COCCOC1CC(C)CCC1C(=O)O. The van der Waals surface area contributed by atoms with Gasteiger partial charge in [0.15, 0.2) is 0 Å². The van der Waals surface area contributed by atoms with E-state index in [0.29, 0.717) is 19.1 Å². The molecule has 0 aromatic heterocycles. The van der Waals surface area contributed by atoms with Crippen LogP contribution >= 0.6 is 0 Å². The number of carbonyl (C=O) groups is 1. The number of hydrogen-bond donors (Lipinski definition) is 1. The lowest BCUT2D eigenvalue weighted by atomic mass is 9.80. The van der Waals surface area contributed by atoms with Gasteiger partial charge in [-0.2, -0.15) is 0 Å². The normalized spacial score (nSPS) is 31.5. The van der Waals surface area contributed by atoms with Gasteiger partial charge < -0.3 is 14.6 Å². The van der Waals surface area contributed by atoms with Crippen LogP contribution in [0.15, 0.2) is 0 Å². The number of aliphatic carboxylic acids is 1. The van der Waals surface area contributed by atoms with Crippen LogP contribution in [-0.2, 0) is 14.3 Å². The quantitative estimate of drug-likeness (QED) is 0.708. The maximum Gasteiger partial charge on any atom is 0.309 e. The zero-order chi connectivity index (χ0) is 11.3. The summed E-state index contributed by atoms with van der Waals surface area (Å²) in [6, 6.07) is 0. The summed E-state index contributed by atoms with van der Waals surface area (Å²) < 4.78 is 10.4. The van der Waals surface area contributed by atoms with E-state index in [4.69, 9.17) is 14.6 Å². The Morgan fingerprint density at radius 1 is 1.40 bits per heavy atom. The highest BCUT2D eigenvalue weighted by atomic mass is 16.5. The third kappa shape index (κ3) is 3.80. The Balaban J connectivity index is 2.43. The lowest BCUT2D eigenvalue weighted by Crippen LogP contribution is -2.36. The molecule has 0 amide bonds. The van der Waals surface area contributed by atoms with Gasteiger partial charge in [0.1, 0.15) is 0 Å². The summed E-state index contributed by atoms with van der Waals surface area (Å²) in [6.45, 7) is 3.15. The van der Waals surface area contributed by atoms with E-state index in [0.717, 1.165) is 19.3 Å². The van der Waals surface area contributed by atoms with Gasteiger partial charge in [0, 0.05) is 7.11 Å². The summed E-state index contributed by atoms with van der Waals surface area (Å²) >= 11 is 0. The fourth-order valence-corrected chi connectivity index (χ4v) is 2.08. The molecule has 1 aliphatic carbocycles. The molecular weight excluding hydrogens is 196 g/mol. The van der Waals surface area contributed by atoms with Crippen LogP contribution in [0.5, 0.6) is 0 Å². The lowest BCUT2D eigenvalue weighted by molar-refractivity contribution is -0.151. The number of carboxylic acids is 1. The van der Waals surface area contributed by atoms with Crippen molar-refractivity contribution in [1.82, 2.24) is 0 Å². The summed E-state index contributed by atoms with van der Waals surface area (Å²) in [4.78, 5) is 11.0. The molecule has 0 heterocycles. The minimum Gasteiger partial charge on any atom is -0.481 e. The van der Waals surface area contributed by atoms with E-state index in [9.17, 15) is 4.79 Å². The Bertz CT molecular complexity index is 205. The second-order valence-electron chi connectivity index (χ2n) is 4.26. The summed E-state index contributed by atoms with van der Waals surface area (Å²) in [5.41, 5.74) is 0. The second kappa shape index (κ2) is 6.08. The fourth-order valence-electron chi connectivity index (χ4n) is 2.08. The molecule has 4 heteroatoms. The van der Waals surface area contributed by atoms with Crippen LogP contribution in [0.25, 0.3) is 0 Å². The van der Waals surface area contributed by atoms with E-state index < -0.39 is 5.97 Å². The minimum absolute atomic E-state index is 0.138. The van der Waals surface area contributed by atoms with Crippen LogP contribution in [0.3, 0.4) is 0 Å². The van der Waals surface area contributed by atoms with Crippen LogP contribution in [0.1, 0.15) is 26.2 Å². The Morgan fingerprint density at radius 3 is 2.73 bits per heavy atom. The van der Waals surface area contributed by atoms with E-state index in [-0.39, 0.29) is 12.0 Å². The lowest BCUT2D eigenvalue weighted by Gasteiger charge is -2.32. The second-order valence-corrected chi connectivity index (χ2v) is 4.26. The first-order valence-corrected chi connectivity index (χ1v) is 5.48. The van der Waals surface area contributed by atoms with Crippen molar-refractivity contribution in [2.24, 2.45) is 11.8 Å². The standard InChI is InChI=1S/C11H20O4/c1-8-3-4-9(11(12)13)10(7-8)15-6-5-14-2/h8-10H,3-7H2,1-2H3,(H,12,13). The first-order valence-electron chi connectivity index (χ1n) is 5.48. The third-order valence-corrected chi connectivity index (χ3v) is 2.99. The molecule has 0 bridgehead atoms. The Morgan fingerprint density at radius 2 is 2.13 bits per heavy atom. The zero-order valence-electron chi connectivity index (χ0n) is 9.44. The molecule has 0 saturated heterocycles. The maximum atomic E-state index is 11.0. The number of carboxylic acid groups (broad SMARTS) is 1. The molecule has 1 saturated carbocycles. The van der Waals surface area contributed by atoms with Gasteiger partial charge in [-0.1, -0.05) is 6.92 Å². The van der Waals surface area contributed by atoms with Crippen LogP contribution in [0.4, 0.5) is 0 Å². The van der Waals surface area contributed by atoms with E-state index in [2.05, 4.69) is 6.92 Å². The number of methoxy groups -OCH3 is 1. The molecule has 0 radical (unpaired) electrons. The van der Waals surface area contributed by atoms with Gasteiger partial charge >= 0.3 is 5.97 Å². The van der Waals surface area contributed by atoms with Crippen LogP contribution < -0.4 is 0 Å². The Kier molecular flexibility index (Phi) is 5.05. The fraction of sp³-hybridized carbons (Fsp3) is 0.909. The monoisotopic (exact) mass is 216 g/mol. The average molecular weight is 216 g/mol. The molecule has 1 aliphatic rings. The number of hydrogen-bond acceptors (Lipinski definition) is 3. The number of ether oxygens (including phenoxy) is 2. The highest BCUT2D eigenvalue weighted by Gasteiger charge is 2.34.